The SMILES string of the molecule is Cc1cc(=O)n2[nH]c(N)c(N=Nc3cccc(C(F)(F)F)c3)c2n1. The van der Waals surface area contributed by atoms with E-state index in [0.717, 1.165) is 16.6 Å². The Labute approximate surface area is 132 Å². The smallest absolute Gasteiger partial charge is 0.382 e. The lowest BCUT2D eigenvalue weighted by Gasteiger charge is -2.05. The van der Waals surface area contributed by atoms with Crippen molar-refractivity contribution >= 4 is 22.8 Å². The molecule has 3 rings (SSSR count). The topological polar surface area (TPSA) is 101 Å². The average molecular weight is 336 g/mol. The summed E-state index contributed by atoms with van der Waals surface area (Å²) in [6, 6.07) is 5.69. The maximum atomic E-state index is 12.7. The van der Waals surface area contributed by atoms with E-state index in [9.17, 15) is 18.0 Å². The summed E-state index contributed by atoms with van der Waals surface area (Å²) in [7, 11) is 0. The summed E-state index contributed by atoms with van der Waals surface area (Å²) in [5.41, 5.74) is 5.20. The van der Waals surface area contributed by atoms with Crippen molar-refractivity contribution in [1.29, 1.82) is 0 Å². The van der Waals surface area contributed by atoms with Gasteiger partial charge in [-0.2, -0.15) is 22.8 Å². The van der Waals surface area contributed by atoms with Gasteiger partial charge in [0.1, 0.15) is 5.82 Å². The number of hydrogen-bond donors (Lipinski definition) is 2. The summed E-state index contributed by atoms with van der Waals surface area (Å²) >= 11 is 0. The number of azo groups is 1. The Bertz CT molecular complexity index is 1000. The minimum atomic E-state index is -4.47. The van der Waals surface area contributed by atoms with Crippen molar-refractivity contribution in [3.8, 4) is 0 Å². The Morgan fingerprint density at radius 2 is 2.00 bits per heavy atom. The molecular formula is C14H11F3N6O. The molecule has 24 heavy (non-hydrogen) atoms. The molecule has 3 aromatic rings. The number of aryl methyl sites for hydroxylation is 1. The number of alkyl halides is 3. The molecule has 0 bridgehead atoms. The van der Waals surface area contributed by atoms with Gasteiger partial charge in [-0.15, -0.1) is 5.11 Å². The van der Waals surface area contributed by atoms with Crippen molar-refractivity contribution < 1.29 is 13.2 Å². The number of hydrogen-bond acceptors (Lipinski definition) is 5. The second-order valence-corrected chi connectivity index (χ2v) is 5.02. The number of nitrogens with zero attached hydrogens (tertiary/aromatic N) is 4. The molecule has 0 amide bonds. The number of anilines is 1. The molecule has 3 N–H and O–H groups in total. The number of nitrogens with two attached hydrogens (primary N) is 1. The molecule has 0 unspecified atom stereocenters. The number of aromatic amines is 1. The van der Waals surface area contributed by atoms with Gasteiger partial charge >= 0.3 is 6.18 Å². The highest BCUT2D eigenvalue weighted by Gasteiger charge is 2.30. The van der Waals surface area contributed by atoms with Crippen molar-refractivity contribution in [2.24, 2.45) is 10.2 Å². The molecule has 2 aromatic heterocycles. The number of benzene rings is 1. The minimum Gasteiger partial charge on any atom is -0.382 e. The molecule has 0 aliphatic carbocycles. The van der Waals surface area contributed by atoms with Crippen LogP contribution in [-0.4, -0.2) is 14.6 Å². The van der Waals surface area contributed by atoms with Gasteiger partial charge < -0.3 is 5.73 Å². The number of fused-ring (bicyclic) bond motifs is 1. The van der Waals surface area contributed by atoms with Crippen LogP contribution in [0.15, 0.2) is 45.4 Å². The monoisotopic (exact) mass is 336 g/mol. The lowest BCUT2D eigenvalue weighted by molar-refractivity contribution is -0.137. The molecule has 124 valence electrons. The third-order valence-electron chi connectivity index (χ3n) is 3.18. The predicted molar refractivity (Wildman–Crippen MR) is 80.6 cm³/mol. The highest BCUT2D eigenvalue weighted by molar-refractivity contribution is 5.75. The highest BCUT2D eigenvalue weighted by Crippen LogP contribution is 2.32. The molecule has 0 atom stereocenters. The van der Waals surface area contributed by atoms with E-state index in [2.05, 4.69) is 20.3 Å². The fraction of sp³-hybridized carbons (Fsp3) is 0.143. The van der Waals surface area contributed by atoms with Crippen LogP contribution < -0.4 is 11.3 Å². The number of nitrogen functional groups attached to an aromatic ring is 1. The summed E-state index contributed by atoms with van der Waals surface area (Å²) in [5.74, 6) is 0.0286. The summed E-state index contributed by atoms with van der Waals surface area (Å²) in [6.07, 6.45) is -4.47. The first-order chi connectivity index (χ1) is 11.3. The van der Waals surface area contributed by atoms with E-state index < -0.39 is 11.7 Å². The number of nitrogens with one attached hydrogen (secondary N) is 1. The Morgan fingerprint density at radius 3 is 2.71 bits per heavy atom. The van der Waals surface area contributed by atoms with Crippen LogP contribution in [-0.2, 0) is 6.18 Å². The zero-order valence-corrected chi connectivity index (χ0v) is 12.3. The third-order valence-corrected chi connectivity index (χ3v) is 3.18. The van der Waals surface area contributed by atoms with Crippen LogP contribution >= 0.6 is 0 Å². The van der Waals surface area contributed by atoms with Crippen molar-refractivity contribution in [1.82, 2.24) is 14.6 Å². The third kappa shape index (κ3) is 2.85. The molecule has 10 heteroatoms. The molecule has 2 heterocycles. The van der Waals surface area contributed by atoms with Crippen LogP contribution in [0.5, 0.6) is 0 Å². The van der Waals surface area contributed by atoms with E-state index in [1.807, 2.05) is 0 Å². The lowest BCUT2D eigenvalue weighted by Crippen LogP contribution is -2.14. The van der Waals surface area contributed by atoms with Gasteiger partial charge in [0.2, 0.25) is 0 Å². The van der Waals surface area contributed by atoms with E-state index in [4.69, 9.17) is 5.73 Å². The van der Waals surface area contributed by atoms with Gasteiger partial charge in [-0.05, 0) is 25.1 Å². The Hall–Kier alpha value is -3.17. The largest absolute Gasteiger partial charge is 0.416 e. The van der Waals surface area contributed by atoms with E-state index in [1.54, 1.807) is 6.92 Å². The molecule has 7 nitrogen and oxygen atoms in total. The molecule has 0 radical (unpaired) electrons. The lowest BCUT2D eigenvalue weighted by atomic mass is 10.2. The van der Waals surface area contributed by atoms with Crippen molar-refractivity contribution in [3.63, 3.8) is 0 Å². The summed E-state index contributed by atoms with van der Waals surface area (Å²) in [6.45, 7) is 1.62. The average Bonchev–Trinajstić information content (AvgIpc) is 2.81. The van der Waals surface area contributed by atoms with E-state index in [-0.39, 0.29) is 28.4 Å². The van der Waals surface area contributed by atoms with E-state index in [1.165, 1.54) is 18.2 Å². The first-order valence-electron chi connectivity index (χ1n) is 6.72. The Balaban J connectivity index is 2.06. The number of aromatic nitrogens is 3. The molecule has 0 fully saturated rings. The molecule has 1 aromatic carbocycles. The number of halogens is 3. The molecule has 0 spiro atoms. The Morgan fingerprint density at radius 1 is 1.25 bits per heavy atom. The van der Waals surface area contributed by atoms with Gasteiger partial charge in [0.15, 0.2) is 11.3 Å². The summed E-state index contributed by atoms with van der Waals surface area (Å²) < 4.78 is 39.2. The minimum absolute atomic E-state index is 0.00132. The highest BCUT2D eigenvalue weighted by atomic mass is 19.4. The summed E-state index contributed by atoms with van der Waals surface area (Å²) in [4.78, 5) is 16.0. The zero-order chi connectivity index (χ0) is 17.5. The number of H-pyrrole nitrogens is 1. The first-order valence-corrected chi connectivity index (χ1v) is 6.72. The maximum Gasteiger partial charge on any atom is 0.416 e. The van der Waals surface area contributed by atoms with Gasteiger partial charge in [0.25, 0.3) is 5.56 Å². The van der Waals surface area contributed by atoms with Crippen molar-refractivity contribution in [2.75, 3.05) is 5.73 Å². The normalized spacial score (nSPS) is 12.3. The molecule has 0 aliphatic heterocycles. The molecule has 0 saturated heterocycles. The second kappa shape index (κ2) is 5.48. The van der Waals surface area contributed by atoms with Crippen molar-refractivity contribution in [3.05, 3.63) is 51.9 Å². The van der Waals surface area contributed by atoms with Crippen LogP contribution in [0.2, 0.25) is 0 Å². The van der Waals surface area contributed by atoms with Gasteiger partial charge in [-0.25, -0.2) is 4.98 Å². The maximum absolute atomic E-state index is 12.7. The fourth-order valence-electron chi connectivity index (χ4n) is 2.11. The van der Waals surface area contributed by atoms with E-state index in [0.29, 0.717) is 5.69 Å². The molecule has 0 aliphatic rings. The van der Waals surface area contributed by atoms with Gasteiger partial charge in [-0.3, -0.25) is 9.89 Å². The van der Waals surface area contributed by atoms with E-state index >= 15 is 0 Å². The first kappa shape index (κ1) is 15.7. The van der Waals surface area contributed by atoms with Gasteiger partial charge in [-0.1, -0.05) is 6.07 Å². The van der Waals surface area contributed by atoms with Crippen LogP contribution in [0.25, 0.3) is 5.65 Å². The van der Waals surface area contributed by atoms with Crippen LogP contribution in [0.1, 0.15) is 11.3 Å². The fourth-order valence-corrected chi connectivity index (χ4v) is 2.11. The Kier molecular flexibility index (Phi) is 3.59. The standard InChI is InChI=1S/C14H11F3N6O/c1-7-5-10(24)23-13(19-7)11(12(18)22-23)21-20-9-4-2-3-8(6-9)14(15,16)17/h2-6,22H,18H2,1H3. The molecule has 0 saturated carbocycles. The van der Waals surface area contributed by atoms with Gasteiger partial charge in [0, 0.05) is 11.8 Å². The van der Waals surface area contributed by atoms with Crippen molar-refractivity contribution in [2.45, 2.75) is 13.1 Å². The van der Waals surface area contributed by atoms with Crippen LogP contribution in [0.4, 0.5) is 30.4 Å². The summed E-state index contributed by atoms with van der Waals surface area (Å²) in [5, 5.41) is 10.2. The van der Waals surface area contributed by atoms with Gasteiger partial charge in [0.05, 0.1) is 11.3 Å². The molecular weight excluding hydrogens is 325 g/mol. The number of rotatable bonds is 2. The van der Waals surface area contributed by atoms with Crippen LogP contribution in [0, 0.1) is 6.92 Å². The second-order valence-electron chi connectivity index (χ2n) is 5.02. The van der Waals surface area contributed by atoms with Crippen LogP contribution in [0.3, 0.4) is 0 Å². The quantitative estimate of drug-likeness (QED) is 0.702. The predicted octanol–water partition coefficient (Wildman–Crippen LogP) is 3.35. The zero-order valence-electron chi connectivity index (χ0n) is 12.3.